The van der Waals surface area contributed by atoms with Gasteiger partial charge in [-0.05, 0) is 12.2 Å². The van der Waals surface area contributed by atoms with Crippen LogP contribution in [0.4, 0.5) is 0 Å². The summed E-state index contributed by atoms with van der Waals surface area (Å²) in [5, 5.41) is 1.01. The Bertz CT molecular complexity index is 220. The highest BCUT2D eigenvalue weighted by molar-refractivity contribution is 7.99. The molecule has 1 N–H and O–H groups in total. The number of aromatic amines is 1. The van der Waals surface area contributed by atoms with Crippen LogP contribution in [-0.4, -0.2) is 15.7 Å². The zero-order chi connectivity index (χ0) is 8.81. The Balaban J connectivity index is 2.31. The maximum atomic E-state index is 4.35. The summed E-state index contributed by atoms with van der Waals surface area (Å²) in [6.45, 7) is 4.29. The maximum absolute atomic E-state index is 4.35. The molecular formula is C9H15N2S. The molecule has 0 aliphatic carbocycles. The van der Waals surface area contributed by atoms with Crippen molar-refractivity contribution in [1.82, 2.24) is 9.97 Å². The molecule has 67 valence electrons. The standard InChI is InChI=1S/C9H15N2S/c1-3-5-6-12-9-7-10-8(4-2)11-9/h3-6H2,1-2H3,(H,10,11). The van der Waals surface area contributed by atoms with Crippen LogP contribution in [0.1, 0.15) is 32.5 Å². The average molecular weight is 183 g/mol. The highest BCUT2D eigenvalue weighted by atomic mass is 32.2. The first-order chi connectivity index (χ1) is 5.86. The number of unbranched alkanes of at least 4 members (excludes halogenated alkanes) is 1. The van der Waals surface area contributed by atoms with Crippen molar-refractivity contribution in [2.24, 2.45) is 0 Å². The van der Waals surface area contributed by atoms with Gasteiger partial charge in [-0.1, -0.05) is 20.3 Å². The molecule has 0 aliphatic rings. The Morgan fingerprint density at radius 3 is 2.92 bits per heavy atom. The fraction of sp³-hybridized carbons (Fsp3) is 0.667. The first-order valence-corrected chi connectivity index (χ1v) is 5.44. The molecule has 1 rings (SSSR count). The van der Waals surface area contributed by atoms with E-state index in [1.807, 2.05) is 0 Å². The second kappa shape index (κ2) is 5.25. The zero-order valence-corrected chi connectivity index (χ0v) is 8.50. The second-order valence-electron chi connectivity index (χ2n) is 2.67. The first-order valence-electron chi connectivity index (χ1n) is 4.46. The van der Waals surface area contributed by atoms with E-state index < -0.39 is 0 Å². The van der Waals surface area contributed by atoms with Crippen molar-refractivity contribution < 1.29 is 0 Å². The SMILES string of the molecule is CCCCSc1[c][nH]c(CC)n1. The minimum absolute atomic E-state index is 0.963. The van der Waals surface area contributed by atoms with Gasteiger partial charge in [-0.15, -0.1) is 11.8 Å². The minimum Gasteiger partial charge on any atom is -0.340 e. The summed E-state index contributed by atoms with van der Waals surface area (Å²) in [6.07, 6.45) is 6.51. The fourth-order valence-corrected chi connectivity index (χ4v) is 1.78. The molecule has 2 nitrogen and oxygen atoms in total. The molecule has 0 unspecified atom stereocenters. The number of aromatic nitrogens is 2. The van der Waals surface area contributed by atoms with E-state index in [2.05, 4.69) is 30.0 Å². The average Bonchev–Trinajstić information content (AvgIpc) is 2.53. The van der Waals surface area contributed by atoms with Crippen molar-refractivity contribution in [1.29, 1.82) is 0 Å². The molecule has 0 atom stereocenters. The second-order valence-corrected chi connectivity index (χ2v) is 3.75. The fourth-order valence-electron chi connectivity index (χ4n) is 0.853. The van der Waals surface area contributed by atoms with Gasteiger partial charge in [-0.25, -0.2) is 4.98 Å². The van der Waals surface area contributed by atoms with E-state index in [4.69, 9.17) is 0 Å². The van der Waals surface area contributed by atoms with Crippen LogP contribution in [0, 0.1) is 6.20 Å². The topological polar surface area (TPSA) is 28.7 Å². The molecule has 1 radical (unpaired) electrons. The lowest BCUT2D eigenvalue weighted by atomic mass is 10.4. The summed E-state index contributed by atoms with van der Waals surface area (Å²) in [7, 11) is 0. The van der Waals surface area contributed by atoms with Crippen LogP contribution in [0.3, 0.4) is 0 Å². The monoisotopic (exact) mass is 183 g/mol. The van der Waals surface area contributed by atoms with Crippen LogP contribution in [0.2, 0.25) is 0 Å². The molecule has 3 heteroatoms. The predicted octanol–water partition coefficient (Wildman–Crippen LogP) is 2.66. The van der Waals surface area contributed by atoms with Gasteiger partial charge in [-0.2, -0.15) is 0 Å². The number of hydrogen-bond acceptors (Lipinski definition) is 2. The summed E-state index contributed by atoms with van der Waals surface area (Å²) in [4.78, 5) is 7.38. The van der Waals surface area contributed by atoms with Gasteiger partial charge in [0.2, 0.25) is 0 Å². The van der Waals surface area contributed by atoms with Crippen molar-refractivity contribution in [3.63, 3.8) is 0 Å². The molecule has 1 heterocycles. The van der Waals surface area contributed by atoms with Gasteiger partial charge in [0.25, 0.3) is 0 Å². The van der Waals surface area contributed by atoms with Gasteiger partial charge in [0.15, 0.2) is 0 Å². The number of rotatable bonds is 5. The third-order valence-electron chi connectivity index (χ3n) is 1.62. The van der Waals surface area contributed by atoms with E-state index >= 15 is 0 Å². The summed E-state index contributed by atoms with van der Waals surface area (Å²) in [5.41, 5.74) is 0. The van der Waals surface area contributed by atoms with Crippen molar-refractivity contribution in [3.8, 4) is 0 Å². The van der Waals surface area contributed by atoms with E-state index in [-0.39, 0.29) is 0 Å². The molecule has 0 bridgehead atoms. The summed E-state index contributed by atoms with van der Waals surface area (Å²) < 4.78 is 0. The van der Waals surface area contributed by atoms with E-state index in [0.29, 0.717) is 0 Å². The zero-order valence-electron chi connectivity index (χ0n) is 7.68. The van der Waals surface area contributed by atoms with Crippen molar-refractivity contribution in [3.05, 3.63) is 12.0 Å². The van der Waals surface area contributed by atoms with Gasteiger partial charge in [0.1, 0.15) is 10.9 Å². The molecule has 1 aromatic heterocycles. The normalized spacial score (nSPS) is 10.5. The number of imidazole rings is 1. The Morgan fingerprint density at radius 1 is 1.50 bits per heavy atom. The molecule has 0 spiro atoms. The molecule has 0 fully saturated rings. The molecule has 1 aromatic rings. The lowest BCUT2D eigenvalue weighted by Gasteiger charge is -1.92. The Kier molecular flexibility index (Phi) is 4.22. The summed E-state index contributed by atoms with van der Waals surface area (Å²) >= 11 is 1.78. The van der Waals surface area contributed by atoms with Gasteiger partial charge >= 0.3 is 0 Å². The number of hydrogen-bond donors (Lipinski definition) is 1. The Labute approximate surface area is 78.2 Å². The molecule has 0 saturated carbocycles. The minimum atomic E-state index is 0.963. The highest BCUT2D eigenvalue weighted by Gasteiger charge is 1.99. The lowest BCUT2D eigenvalue weighted by molar-refractivity contribution is 0.894. The van der Waals surface area contributed by atoms with E-state index in [0.717, 1.165) is 23.0 Å². The molecular weight excluding hydrogens is 168 g/mol. The first kappa shape index (κ1) is 9.65. The van der Waals surface area contributed by atoms with Crippen LogP contribution in [0.25, 0.3) is 0 Å². The molecule has 0 aromatic carbocycles. The number of H-pyrrole nitrogens is 1. The van der Waals surface area contributed by atoms with Crippen molar-refractivity contribution in [2.75, 3.05) is 5.75 Å². The molecule has 0 saturated heterocycles. The summed E-state index contributed by atoms with van der Waals surface area (Å²) in [6, 6.07) is 0. The van der Waals surface area contributed by atoms with E-state index in [1.54, 1.807) is 11.8 Å². The maximum Gasteiger partial charge on any atom is 0.124 e. The number of thioether (sulfide) groups is 1. The predicted molar refractivity (Wildman–Crippen MR) is 52.4 cm³/mol. The van der Waals surface area contributed by atoms with Gasteiger partial charge in [0.05, 0.1) is 6.20 Å². The van der Waals surface area contributed by atoms with Crippen LogP contribution in [-0.2, 0) is 6.42 Å². The third-order valence-corrected chi connectivity index (χ3v) is 2.58. The Hall–Kier alpha value is -0.440. The van der Waals surface area contributed by atoms with Crippen molar-refractivity contribution in [2.45, 2.75) is 38.1 Å². The summed E-state index contributed by atoms with van der Waals surface area (Å²) in [5.74, 6) is 2.19. The number of nitrogens with one attached hydrogen (secondary N) is 1. The molecule has 0 aliphatic heterocycles. The lowest BCUT2D eigenvalue weighted by Crippen LogP contribution is -1.82. The highest BCUT2D eigenvalue weighted by Crippen LogP contribution is 2.16. The van der Waals surface area contributed by atoms with Crippen LogP contribution in [0.5, 0.6) is 0 Å². The van der Waals surface area contributed by atoms with E-state index in [9.17, 15) is 0 Å². The third kappa shape index (κ3) is 2.89. The number of nitrogens with zero attached hydrogens (tertiary/aromatic N) is 1. The van der Waals surface area contributed by atoms with E-state index in [1.165, 1.54) is 12.8 Å². The van der Waals surface area contributed by atoms with Crippen LogP contribution < -0.4 is 0 Å². The van der Waals surface area contributed by atoms with Gasteiger partial charge in [0, 0.05) is 6.42 Å². The number of aryl methyl sites for hydroxylation is 1. The van der Waals surface area contributed by atoms with Gasteiger partial charge in [-0.3, -0.25) is 0 Å². The quantitative estimate of drug-likeness (QED) is 0.561. The Morgan fingerprint density at radius 2 is 2.33 bits per heavy atom. The van der Waals surface area contributed by atoms with Crippen molar-refractivity contribution >= 4 is 11.8 Å². The molecule has 12 heavy (non-hydrogen) atoms. The van der Waals surface area contributed by atoms with Gasteiger partial charge < -0.3 is 4.98 Å². The smallest absolute Gasteiger partial charge is 0.124 e. The molecule has 0 amide bonds. The van der Waals surface area contributed by atoms with Crippen LogP contribution >= 0.6 is 11.8 Å². The largest absolute Gasteiger partial charge is 0.340 e. The van der Waals surface area contributed by atoms with Crippen LogP contribution in [0.15, 0.2) is 5.03 Å².